The van der Waals surface area contributed by atoms with Crippen LogP contribution >= 0.6 is 0 Å². The first-order chi connectivity index (χ1) is 8.09. The number of nitrogens with zero attached hydrogens (tertiary/aromatic N) is 1. The van der Waals surface area contributed by atoms with Gasteiger partial charge in [0.15, 0.2) is 0 Å². The second-order valence-electron chi connectivity index (χ2n) is 3.89. The molecule has 2 rings (SSSR count). The molecular weight excluding hydrogens is 216 g/mol. The first kappa shape index (κ1) is 11.2. The van der Waals surface area contributed by atoms with Crippen LogP contribution in [0.1, 0.15) is 6.92 Å². The maximum Gasteiger partial charge on any atom is 0.239 e. The van der Waals surface area contributed by atoms with E-state index in [2.05, 4.69) is 10.3 Å². The summed E-state index contributed by atoms with van der Waals surface area (Å²) in [6.45, 7) is 1.69. The van der Waals surface area contributed by atoms with Crippen LogP contribution in [-0.4, -0.2) is 16.9 Å². The highest BCUT2D eigenvalue weighted by Gasteiger charge is 2.11. The van der Waals surface area contributed by atoms with E-state index in [0.29, 0.717) is 11.4 Å². The zero-order valence-corrected chi connectivity index (χ0v) is 9.47. The monoisotopic (exact) mass is 230 g/mol. The number of nitrogens with two attached hydrogens (primary N) is 2. The molecule has 5 nitrogen and oxygen atoms in total. The second kappa shape index (κ2) is 4.29. The lowest BCUT2D eigenvalue weighted by Crippen LogP contribution is -2.32. The number of fused-ring (bicyclic) bond motifs is 1. The van der Waals surface area contributed by atoms with Crippen LogP contribution in [0.2, 0.25) is 0 Å². The van der Waals surface area contributed by atoms with Crippen molar-refractivity contribution in [2.75, 3.05) is 11.1 Å². The standard InChI is InChI=1S/C12H14N4O/c1-7(12(14)17)16-10-3-2-8-6-15-5-4-9(8)11(10)13/h2-7,16H,13H2,1H3,(H2,14,17). The first-order valence-electron chi connectivity index (χ1n) is 5.27. The molecule has 0 fully saturated rings. The maximum absolute atomic E-state index is 11.0. The largest absolute Gasteiger partial charge is 0.397 e. The number of amides is 1. The number of nitrogens with one attached hydrogen (secondary N) is 1. The number of nitrogen functional groups attached to an aromatic ring is 1. The average molecular weight is 230 g/mol. The molecule has 0 spiro atoms. The Hall–Kier alpha value is -2.30. The molecule has 0 saturated heterocycles. The summed E-state index contributed by atoms with van der Waals surface area (Å²) >= 11 is 0. The van der Waals surface area contributed by atoms with Gasteiger partial charge in [0.2, 0.25) is 5.91 Å². The van der Waals surface area contributed by atoms with Gasteiger partial charge in [-0.3, -0.25) is 9.78 Å². The molecule has 0 saturated carbocycles. The number of aromatic nitrogens is 1. The minimum Gasteiger partial charge on any atom is -0.397 e. The van der Waals surface area contributed by atoms with Crippen LogP contribution in [0.3, 0.4) is 0 Å². The van der Waals surface area contributed by atoms with E-state index in [1.165, 1.54) is 0 Å². The van der Waals surface area contributed by atoms with Crippen molar-refractivity contribution in [1.29, 1.82) is 0 Å². The van der Waals surface area contributed by atoms with Gasteiger partial charge in [-0.25, -0.2) is 0 Å². The van der Waals surface area contributed by atoms with Crippen molar-refractivity contribution in [1.82, 2.24) is 4.98 Å². The predicted molar refractivity (Wildman–Crippen MR) is 68.4 cm³/mol. The molecule has 1 unspecified atom stereocenters. The van der Waals surface area contributed by atoms with Gasteiger partial charge in [-0.15, -0.1) is 0 Å². The van der Waals surface area contributed by atoms with Gasteiger partial charge in [0.25, 0.3) is 0 Å². The van der Waals surface area contributed by atoms with Gasteiger partial charge in [0.05, 0.1) is 11.4 Å². The van der Waals surface area contributed by atoms with Crippen LogP contribution in [0, 0.1) is 0 Å². The van der Waals surface area contributed by atoms with Crippen LogP contribution in [-0.2, 0) is 4.79 Å². The van der Waals surface area contributed by atoms with Crippen molar-refractivity contribution in [3.63, 3.8) is 0 Å². The SMILES string of the molecule is CC(Nc1ccc2cnccc2c1N)C(N)=O. The highest BCUT2D eigenvalue weighted by atomic mass is 16.1. The molecule has 1 heterocycles. The lowest BCUT2D eigenvalue weighted by molar-refractivity contribution is -0.118. The molecule has 2 aromatic rings. The number of hydrogen-bond donors (Lipinski definition) is 3. The van der Waals surface area contributed by atoms with Gasteiger partial charge in [0, 0.05) is 23.2 Å². The third kappa shape index (κ3) is 2.13. The number of carbonyl (C=O) groups excluding carboxylic acids is 1. The molecular formula is C12H14N4O. The summed E-state index contributed by atoms with van der Waals surface area (Å²) in [5.41, 5.74) is 12.5. The molecule has 1 atom stereocenters. The predicted octanol–water partition coefficient (Wildman–Crippen LogP) is 1.10. The van der Waals surface area contributed by atoms with E-state index in [4.69, 9.17) is 11.5 Å². The number of primary amides is 1. The summed E-state index contributed by atoms with van der Waals surface area (Å²) in [5, 5.41) is 4.85. The van der Waals surface area contributed by atoms with E-state index < -0.39 is 11.9 Å². The van der Waals surface area contributed by atoms with Crippen LogP contribution in [0.25, 0.3) is 10.8 Å². The summed E-state index contributed by atoms with van der Waals surface area (Å²) in [4.78, 5) is 15.0. The highest BCUT2D eigenvalue weighted by molar-refractivity contribution is 5.99. The molecule has 0 bridgehead atoms. The number of benzene rings is 1. The fourth-order valence-corrected chi connectivity index (χ4v) is 1.62. The number of rotatable bonds is 3. The maximum atomic E-state index is 11.0. The lowest BCUT2D eigenvalue weighted by atomic mass is 10.1. The zero-order valence-electron chi connectivity index (χ0n) is 9.47. The molecule has 0 aliphatic carbocycles. The summed E-state index contributed by atoms with van der Waals surface area (Å²) < 4.78 is 0. The Kier molecular flexibility index (Phi) is 2.82. The smallest absolute Gasteiger partial charge is 0.239 e. The van der Waals surface area contributed by atoms with Gasteiger partial charge >= 0.3 is 0 Å². The minimum atomic E-state index is -0.461. The van der Waals surface area contributed by atoms with E-state index in [-0.39, 0.29) is 0 Å². The lowest BCUT2D eigenvalue weighted by Gasteiger charge is -2.15. The third-order valence-corrected chi connectivity index (χ3v) is 2.66. The number of carbonyl (C=O) groups is 1. The van der Waals surface area contributed by atoms with Crippen LogP contribution < -0.4 is 16.8 Å². The molecule has 5 heteroatoms. The van der Waals surface area contributed by atoms with Crippen molar-refractivity contribution in [3.8, 4) is 0 Å². The summed E-state index contributed by atoms with van der Waals surface area (Å²) in [7, 11) is 0. The second-order valence-corrected chi connectivity index (χ2v) is 3.89. The number of anilines is 2. The Morgan fingerprint density at radius 3 is 2.88 bits per heavy atom. The molecule has 5 N–H and O–H groups in total. The van der Waals surface area contributed by atoms with Gasteiger partial charge < -0.3 is 16.8 Å². The summed E-state index contributed by atoms with van der Waals surface area (Å²) in [6, 6.07) is 5.09. The topological polar surface area (TPSA) is 94.0 Å². The molecule has 17 heavy (non-hydrogen) atoms. The van der Waals surface area contributed by atoms with Crippen molar-refractivity contribution in [2.45, 2.75) is 13.0 Å². The fourth-order valence-electron chi connectivity index (χ4n) is 1.62. The van der Waals surface area contributed by atoms with Gasteiger partial charge in [-0.2, -0.15) is 0 Å². The Labute approximate surface area is 98.8 Å². The van der Waals surface area contributed by atoms with Crippen molar-refractivity contribution in [3.05, 3.63) is 30.6 Å². The quantitative estimate of drug-likeness (QED) is 0.688. The van der Waals surface area contributed by atoms with Crippen LogP contribution in [0.15, 0.2) is 30.6 Å². The highest BCUT2D eigenvalue weighted by Crippen LogP contribution is 2.28. The Bertz CT molecular complexity index is 567. The number of pyridine rings is 1. The summed E-state index contributed by atoms with van der Waals surface area (Å²) in [6.07, 6.45) is 3.42. The van der Waals surface area contributed by atoms with Crippen LogP contribution in [0.4, 0.5) is 11.4 Å². The molecule has 0 radical (unpaired) electrons. The van der Waals surface area contributed by atoms with Crippen molar-refractivity contribution >= 4 is 28.1 Å². The number of hydrogen-bond acceptors (Lipinski definition) is 4. The molecule has 1 amide bonds. The molecule has 0 aliphatic rings. The fraction of sp³-hybridized carbons (Fsp3) is 0.167. The Morgan fingerprint density at radius 1 is 1.41 bits per heavy atom. The van der Waals surface area contributed by atoms with Crippen molar-refractivity contribution < 1.29 is 4.79 Å². The van der Waals surface area contributed by atoms with Crippen molar-refractivity contribution in [2.24, 2.45) is 5.73 Å². The Balaban J connectivity index is 2.42. The zero-order chi connectivity index (χ0) is 12.4. The molecule has 1 aromatic carbocycles. The van der Waals surface area contributed by atoms with Crippen LogP contribution in [0.5, 0.6) is 0 Å². The van der Waals surface area contributed by atoms with E-state index in [1.807, 2.05) is 18.2 Å². The molecule has 0 aliphatic heterocycles. The van der Waals surface area contributed by atoms with E-state index in [0.717, 1.165) is 10.8 Å². The van der Waals surface area contributed by atoms with Gasteiger partial charge in [-0.1, -0.05) is 6.07 Å². The molecule has 1 aromatic heterocycles. The van der Waals surface area contributed by atoms with E-state index >= 15 is 0 Å². The minimum absolute atomic E-state index is 0.417. The Morgan fingerprint density at radius 2 is 2.18 bits per heavy atom. The van der Waals surface area contributed by atoms with E-state index in [9.17, 15) is 4.79 Å². The van der Waals surface area contributed by atoms with Gasteiger partial charge in [-0.05, 0) is 19.1 Å². The molecule has 88 valence electrons. The van der Waals surface area contributed by atoms with E-state index in [1.54, 1.807) is 19.3 Å². The normalized spacial score (nSPS) is 12.3. The summed E-state index contributed by atoms with van der Waals surface area (Å²) in [5.74, 6) is -0.417. The third-order valence-electron chi connectivity index (χ3n) is 2.66. The first-order valence-corrected chi connectivity index (χ1v) is 5.27. The van der Waals surface area contributed by atoms with Gasteiger partial charge in [0.1, 0.15) is 6.04 Å². The average Bonchev–Trinajstić information content (AvgIpc) is 2.33.